The molecule has 0 radical (unpaired) electrons. The molecule has 0 spiro atoms. The van der Waals surface area contributed by atoms with Crippen molar-refractivity contribution in [2.75, 3.05) is 6.54 Å². The molecule has 1 aromatic carbocycles. The summed E-state index contributed by atoms with van der Waals surface area (Å²) in [6, 6.07) is 19.2. The molecule has 0 bridgehead atoms. The number of pyridine rings is 2. The molecule has 0 aliphatic carbocycles. The van der Waals surface area contributed by atoms with Gasteiger partial charge >= 0.3 is 0 Å². The van der Waals surface area contributed by atoms with Gasteiger partial charge in [0.05, 0.1) is 34.5 Å². The van der Waals surface area contributed by atoms with Crippen LogP contribution in [0, 0.1) is 6.92 Å². The summed E-state index contributed by atoms with van der Waals surface area (Å²) < 4.78 is 2.13. The zero-order valence-electron chi connectivity index (χ0n) is 18.9. The van der Waals surface area contributed by atoms with Crippen LogP contribution in [0.3, 0.4) is 0 Å². The van der Waals surface area contributed by atoms with Crippen LogP contribution in [0.4, 0.5) is 0 Å². The number of aryl methyl sites for hydroxylation is 1. The Balaban J connectivity index is 1.36. The van der Waals surface area contributed by atoms with Crippen LogP contribution in [0.25, 0.3) is 16.7 Å². The summed E-state index contributed by atoms with van der Waals surface area (Å²) in [6.45, 7) is 3.08. The second-order valence-electron chi connectivity index (χ2n) is 8.99. The van der Waals surface area contributed by atoms with Crippen molar-refractivity contribution in [1.82, 2.24) is 29.2 Å². The Hall–Kier alpha value is -3.51. The number of piperidine rings is 1. The Bertz CT molecular complexity index is 1330. The van der Waals surface area contributed by atoms with Gasteiger partial charge in [0.2, 0.25) is 0 Å². The normalized spacial score (nSPS) is 19.4. The molecule has 33 heavy (non-hydrogen) atoms. The minimum Gasteiger partial charge on any atom is -0.342 e. The molecule has 6 nitrogen and oxygen atoms in total. The summed E-state index contributed by atoms with van der Waals surface area (Å²) >= 11 is 0. The van der Waals surface area contributed by atoms with E-state index < -0.39 is 0 Å². The molecule has 1 N–H and O–H groups in total. The standard InChI is InChI=1S/C27H28N6/c1-19-8-7-15-28-27(19)24-12-6-11-23(22-18-32-16-5-4-13-26(32)31-22)33(24)17-14-25-29-20-9-2-3-10-21(20)30-25/h2-5,7-10,13,15-16,18,23-24H,6,11-12,14,17H2,1H3,(H,29,30). The highest BCUT2D eigenvalue weighted by molar-refractivity contribution is 5.74. The maximum Gasteiger partial charge on any atom is 0.137 e. The first-order chi connectivity index (χ1) is 16.3. The molecule has 1 fully saturated rings. The highest BCUT2D eigenvalue weighted by Crippen LogP contribution is 2.41. The van der Waals surface area contributed by atoms with E-state index in [1.165, 1.54) is 17.7 Å². The zero-order chi connectivity index (χ0) is 22.2. The predicted molar refractivity (Wildman–Crippen MR) is 130 cm³/mol. The molecule has 5 aromatic rings. The number of fused-ring (bicyclic) bond motifs is 2. The minimum atomic E-state index is 0.259. The largest absolute Gasteiger partial charge is 0.342 e. The van der Waals surface area contributed by atoms with Crippen LogP contribution in [0.2, 0.25) is 0 Å². The number of hydrogen-bond donors (Lipinski definition) is 1. The van der Waals surface area contributed by atoms with E-state index in [1.807, 2.05) is 30.5 Å². The average Bonchev–Trinajstić information content (AvgIpc) is 3.47. The number of aromatic amines is 1. The van der Waals surface area contributed by atoms with Gasteiger partial charge in [0.1, 0.15) is 11.5 Å². The summed E-state index contributed by atoms with van der Waals surface area (Å²) in [6.07, 6.45) is 10.4. The summed E-state index contributed by atoms with van der Waals surface area (Å²) in [4.78, 5) is 20.8. The minimum absolute atomic E-state index is 0.259. The maximum absolute atomic E-state index is 5.00. The number of likely N-dealkylation sites (tertiary alicyclic amines) is 1. The Kier molecular flexibility index (Phi) is 5.15. The van der Waals surface area contributed by atoms with Gasteiger partial charge in [0, 0.05) is 31.6 Å². The number of nitrogens with zero attached hydrogens (tertiary/aromatic N) is 5. The first-order valence-electron chi connectivity index (χ1n) is 11.8. The Labute approximate surface area is 193 Å². The van der Waals surface area contributed by atoms with Crippen molar-refractivity contribution in [2.45, 2.75) is 44.7 Å². The van der Waals surface area contributed by atoms with Crippen molar-refractivity contribution < 1.29 is 0 Å². The van der Waals surface area contributed by atoms with Crippen molar-refractivity contribution in [3.05, 3.63) is 96.0 Å². The number of imidazole rings is 2. The van der Waals surface area contributed by atoms with Gasteiger partial charge < -0.3 is 9.38 Å². The molecule has 1 aliphatic heterocycles. The van der Waals surface area contributed by atoms with E-state index in [0.29, 0.717) is 0 Å². The number of benzene rings is 1. The van der Waals surface area contributed by atoms with Crippen LogP contribution in [0.5, 0.6) is 0 Å². The fraction of sp³-hybridized carbons (Fsp3) is 0.296. The van der Waals surface area contributed by atoms with E-state index in [4.69, 9.17) is 15.0 Å². The molecule has 6 rings (SSSR count). The van der Waals surface area contributed by atoms with E-state index in [2.05, 4.69) is 63.9 Å². The van der Waals surface area contributed by atoms with Crippen LogP contribution in [0.15, 0.2) is 73.2 Å². The van der Waals surface area contributed by atoms with Crippen LogP contribution in [0.1, 0.15) is 54.1 Å². The van der Waals surface area contributed by atoms with Crippen LogP contribution >= 0.6 is 0 Å². The Morgan fingerprint density at radius 2 is 1.85 bits per heavy atom. The topological polar surface area (TPSA) is 62.1 Å². The van der Waals surface area contributed by atoms with Crippen molar-refractivity contribution in [3.8, 4) is 0 Å². The van der Waals surface area contributed by atoms with Crippen molar-refractivity contribution in [1.29, 1.82) is 0 Å². The van der Waals surface area contributed by atoms with Crippen molar-refractivity contribution >= 4 is 16.7 Å². The average molecular weight is 437 g/mol. The molecule has 2 atom stereocenters. The third-order valence-electron chi connectivity index (χ3n) is 6.89. The molecule has 1 saturated heterocycles. The summed E-state index contributed by atoms with van der Waals surface area (Å²) in [5, 5.41) is 0. The van der Waals surface area contributed by atoms with Gasteiger partial charge in [-0.05, 0) is 62.1 Å². The van der Waals surface area contributed by atoms with Crippen LogP contribution < -0.4 is 0 Å². The summed E-state index contributed by atoms with van der Waals surface area (Å²) in [7, 11) is 0. The number of rotatable bonds is 5. The molecular formula is C27H28N6. The zero-order valence-corrected chi connectivity index (χ0v) is 18.9. The van der Waals surface area contributed by atoms with E-state index in [0.717, 1.165) is 54.0 Å². The number of hydrogen-bond acceptors (Lipinski definition) is 4. The molecule has 5 heterocycles. The second-order valence-corrected chi connectivity index (χ2v) is 8.99. The number of aromatic nitrogens is 5. The van der Waals surface area contributed by atoms with Crippen LogP contribution in [-0.4, -0.2) is 35.8 Å². The van der Waals surface area contributed by atoms with Gasteiger partial charge in [0.15, 0.2) is 0 Å². The van der Waals surface area contributed by atoms with Crippen molar-refractivity contribution in [2.24, 2.45) is 0 Å². The fourth-order valence-electron chi connectivity index (χ4n) is 5.30. The van der Waals surface area contributed by atoms with Crippen molar-refractivity contribution in [3.63, 3.8) is 0 Å². The Morgan fingerprint density at radius 1 is 0.970 bits per heavy atom. The highest BCUT2D eigenvalue weighted by atomic mass is 15.2. The predicted octanol–water partition coefficient (Wildman–Crippen LogP) is 5.43. The van der Waals surface area contributed by atoms with Gasteiger partial charge in [-0.15, -0.1) is 0 Å². The first-order valence-corrected chi connectivity index (χ1v) is 11.8. The smallest absolute Gasteiger partial charge is 0.137 e. The van der Waals surface area contributed by atoms with E-state index in [9.17, 15) is 0 Å². The molecular weight excluding hydrogens is 408 g/mol. The van der Waals surface area contributed by atoms with E-state index >= 15 is 0 Å². The molecule has 0 saturated carbocycles. The Morgan fingerprint density at radius 3 is 2.73 bits per heavy atom. The van der Waals surface area contributed by atoms with Crippen LogP contribution in [-0.2, 0) is 6.42 Å². The third kappa shape index (κ3) is 3.80. The lowest BCUT2D eigenvalue weighted by Crippen LogP contribution is -2.38. The number of para-hydroxylation sites is 2. The lowest BCUT2D eigenvalue weighted by atomic mass is 9.90. The molecule has 1 aliphatic rings. The van der Waals surface area contributed by atoms with Gasteiger partial charge in [-0.1, -0.05) is 24.3 Å². The summed E-state index contributed by atoms with van der Waals surface area (Å²) in [5.74, 6) is 1.03. The van der Waals surface area contributed by atoms with E-state index in [-0.39, 0.29) is 12.1 Å². The monoisotopic (exact) mass is 436 g/mol. The van der Waals surface area contributed by atoms with Gasteiger partial charge in [0.25, 0.3) is 0 Å². The summed E-state index contributed by atoms with van der Waals surface area (Å²) in [5.41, 5.74) is 6.72. The molecule has 166 valence electrons. The molecule has 2 unspecified atom stereocenters. The molecule has 4 aromatic heterocycles. The second kappa shape index (κ2) is 8.45. The van der Waals surface area contributed by atoms with Gasteiger partial charge in [-0.25, -0.2) is 9.97 Å². The SMILES string of the molecule is Cc1cccnc1C1CCCC(c2cn3ccccc3n2)N1CCc1nc2ccccc2[nH]1. The fourth-order valence-corrected chi connectivity index (χ4v) is 5.30. The maximum atomic E-state index is 5.00. The lowest BCUT2D eigenvalue weighted by Gasteiger charge is -2.41. The first kappa shape index (κ1) is 20.1. The third-order valence-corrected chi connectivity index (χ3v) is 6.89. The molecule has 0 amide bonds. The van der Waals surface area contributed by atoms with Gasteiger partial charge in [-0.2, -0.15) is 0 Å². The quantitative estimate of drug-likeness (QED) is 0.399. The van der Waals surface area contributed by atoms with E-state index in [1.54, 1.807) is 0 Å². The number of nitrogens with one attached hydrogen (secondary N) is 1. The number of H-pyrrole nitrogens is 1. The highest BCUT2D eigenvalue weighted by Gasteiger charge is 2.35. The molecule has 6 heteroatoms. The lowest BCUT2D eigenvalue weighted by molar-refractivity contribution is 0.0777. The van der Waals surface area contributed by atoms with Gasteiger partial charge in [-0.3, -0.25) is 9.88 Å².